The van der Waals surface area contributed by atoms with Crippen molar-refractivity contribution in [2.75, 3.05) is 6.54 Å². The topological polar surface area (TPSA) is 12.0 Å². The fourth-order valence-electron chi connectivity index (χ4n) is 2.61. The molecule has 0 aromatic heterocycles. The first-order chi connectivity index (χ1) is 8.65. The van der Waals surface area contributed by atoms with Crippen LogP contribution in [0.25, 0.3) is 0 Å². The highest BCUT2D eigenvalue weighted by Gasteiger charge is 2.17. The second-order valence-electron chi connectivity index (χ2n) is 5.49. The van der Waals surface area contributed by atoms with Crippen LogP contribution < -0.4 is 5.32 Å². The standard InChI is InChI=1S/C15H21Cl2N/c1-11-2-4-12(5-3-11)9-18-10-13-6-7-14(16)8-15(13)17/h6-8,11-12,18H,2-5,9-10H2,1H3. The minimum atomic E-state index is 0.699. The average molecular weight is 286 g/mol. The summed E-state index contributed by atoms with van der Waals surface area (Å²) in [6.07, 6.45) is 5.49. The third-order valence-electron chi connectivity index (χ3n) is 3.90. The van der Waals surface area contributed by atoms with Crippen molar-refractivity contribution in [3.8, 4) is 0 Å². The highest BCUT2D eigenvalue weighted by molar-refractivity contribution is 6.35. The van der Waals surface area contributed by atoms with E-state index in [1.165, 1.54) is 25.7 Å². The molecule has 0 heterocycles. The summed E-state index contributed by atoms with van der Waals surface area (Å²) in [6, 6.07) is 5.70. The Morgan fingerprint density at radius 1 is 1.17 bits per heavy atom. The quantitative estimate of drug-likeness (QED) is 0.829. The van der Waals surface area contributed by atoms with Gasteiger partial charge in [-0.2, -0.15) is 0 Å². The summed E-state index contributed by atoms with van der Waals surface area (Å²) in [5.41, 5.74) is 1.13. The SMILES string of the molecule is CC1CCC(CNCc2ccc(Cl)cc2Cl)CC1. The van der Waals surface area contributed by atoms with Crippen molar-refractivity contribution in [3.63, 3.8) is 0 Å². The van der Waals surface area contributed by atoms with Crippen LogP contribution in [0.4, 0.5) is 0 Å². The largest absolute Gasteiger partial charge is 0.312 e. The van der Waals surface area contributed by atoms with Crippen LogP contribution in [0.15, 0.2) is 18.2 Å². The molecular weight excluding hydrogens is 265 g/mol. The van der Waals surface area contributed by atoms with E-state index in [4.69, 9.17) is 23.2 Å². The predicted octanol–water partition coefficient (Wildman–Crippen LogP) is 4.91. The van der Waals surface area contributed by atoms with E-state index in [9.17, 15) is 0 Å². The highest BCUT2D eigenvalue weighted by Crippen LogP contribution is 2.28. The molecule has 0 unspecified atom stereocenters. The van der Waals surface area contributed by atoms with Gasteiger partial charge < -0.3 is 5.32 Å². The Morgan fingerprint density at radius 3 is 2.56 bits per heavy atom. The van der Waals surface area contributed by atoms with Crippen molar-refractivity contribution >= 4 is 23.2 Å². The number of benzene rings is 1. The van der Waals surface area contributed by atoms with Gasteiger partial charge in [0.15, 0.2) is 0 Å². The summed E-state index contributed by atoms with van der Waals surface area (Å²) < 4.78 is 0. The summed E-state index contributed by atoms with van der Waals surface area (Å²) in [5.74, 6) is 1.76. The molecule has 1 saturated carbocycles. The van der Waals surface area contributed by atoms with Crippen molar-refractivity contribution in [1.29, 1.82) is 0 Å². The molecule has 0 amide bonds. The molecule has 100 valence electrons. The van der Waals surface area contributed by atoms with Gasteiger partial charge in [0.1, 0.15) is 0 Å². The summed E-state index contributed by atoms with van der Waals surface area (Å²) in [5, 5.41) is 4.97. The normalized spacial score (nSPS) is 24.2. The Bertz CT molecular complexity index is 384. The van der Waals surface area contributed by atoms with Crippen LogP contribution in [0.2, 0.25) is 10.0 Å². The van der Waals surface area contributed by atoms with Crippen LogP contribution >= 0.6 is 23.2 Å². The molecule has 2 rings (SSSR count). The first kappa shape index (κ1) is 14.2. The molecular formula is C15H21Cl2N. The molecule has 1 nitrogen and oxygen atoms in total. The lowest BCUT2D eigenvalue weighted by Crippen LogP contribution is -2.25. The van der Waals surface area contributed by atoms with Crippen LogP contribution in [-0.4, -0.2) is 6.54 Å². The maximum atomic E-state index is 6.15. The van der Waals surface area contributed by atoms with Crippen molar-refractivity contribution in [2.24, 2.45) is 11.8 Å². The molecule has 1 aromatic carbocycles. The molecule has 0 spiro atoms. The molecule has 1 aliphatic carbocycles. The number of hydrogen-bond acceptors (Lipinski definition) is 1. The van der Waals surface area contributed by atoms with Gasteiger partial charge in [0.2, 0.25) is 0 Å². The van der Waals surface area contributed by atoms with Crippen LogP contribution in [0.3, 0.4) is 0 Å². The first-order valence-corrected chi connectivity index (χ1v) is 7.55. The Morgan fingerprint density at radius 2 is 1.89 bits per heavy atom. The molecule has 0 aliphatic heterocycles. The monoisotopic (exact) mass is 285 g/mol. The lowest BCUT2D eigenvalue weighted by Gasteiger charge is -2.26. The fourth-order valence-corrected chi connectivity index (χ4v) is 3.08. The van der Waals surface area contributed by atoms with Gasteiger partial charge in [-0.05, 0) is 48.9 Å². The second kappa shape index (κ2) is 6.79. The van der Waals surface area contributed by atoms with E-state index in [1.807, 2.05) is 18.2 Å². The van der Waals surface area contributed by atoms with Crippen LogP contribution in [0.1, 0.15) is 38.2 Å². The number of hydrogen-bond donors (Lipinski definition) is 1. The van der Waals surface area contributed by atoms with Crippen LogP contribution in [0.5, 0.6) is 0 Å². The first-order valence-electron chi connectivity index (χ1n) is 6.80. The predicted molar refractivity (Wildman–Crippen MR) is 79.3 cm³/mol. The third kappa shape index (κ3) is 4.15. The Labute approximate surface area is 120 Å². The summed E-state index contributed by atoms with van der Waals surface area (Å²) in [7, 11) is 0. The zero-order chi connectivity index (χ0) is 13.0. The van der Waals surface area contributed by atoms with E-state index in [1.54, 1.807) is 0 Å². The van der Waals surface area contributed by atoms with Crippen molar-refractivity contribution in [3.05, 3.63) is 33.8 Å². The van der Waals surface area contributed by atoms with E-state index in [2.05, 4.69) is 12.2 Å². The van der Waals surface area contributed by atoms with E-state index in [0.717, 1.165) is 35.5 Å². The third-order valence-corrected chi connectivity index (χ3v) is 4.49. The minimum absolute atomic E-state index is 0.699. The molecule has 1 fully saturated rings. The van der Waals surface area contributed by atoms with E-state index in [-0.39, 0.29) is 0 Å². The number of nitrogens with one attached hydrogen (secondary N) is 1. The van der Waals surface area contributed by atoms with Crippen molar-refractivity contribution < 1.29 is 0 Å². The maximum absolute atomic E-state index is 6.15. The van der Waals surface area contributed by atoms with Gasteiger partial charge in [0, 0.05) is 16.6 Å². The van der Waals surface area contributed by atoms with Gasteiger partial charge in [-0.3, -0.25) is 0 Å². The van der Waals surface area contributed by atoms with Gasteiger partial charge in [-0.1, -0.05) is 49.0 Å². The molecule has 0 bridgehead atoms. The van der Waals surface area contributed by atoms with E-state index in [0.29, 0.717) is 5.02 Å². The average Bonchev–Trinajstić information content (AvgIpc) is 2.34. The van der Waals surface area contributed by atoms with Gasteiger partial charge in [0.05, 0.1) is 0 Å². The van der Waals surface area contributed by atoms with Gasteiger partial charge >= 0.3 is 0 Å². The number of halogens is 2. The molecule has 1 aromatic rings. The molecule has 1 aliphatic rings. The van der Waals surface area contributed by atoms with Crippen LogP contribution in [-0.2, 0) is 6.54 Å². The zero-order valence-electron chi connectivity index (χ0n) is 10.9. The van der Waals surface area contributed by atoms with Crippen molar-refractivity contribution in [2.45, 2.75) is 39.2 Å². The van der Waals surface area contributed by atoms with Gasteiger partial charge in [0.25, 0.3) is 0 Å². The van der Waals surface area contributed by atoms with E-state index >= 15 is 0 Å². The smallest absolute Gasteiger partial charge is 0.0465 e. The lowest BCUT2D eigenvalue weighted by atomic mass is 9.83. The lowest BCUT2D eigenvalue weighted by molar-refractivity contribution is 0.281. The fraction of sp³-hybridized carbons (Fsp3) is 0.600. The Kier molecular flexibility index (Phi) is 5.35. The zero-order valence-corrected chi connectivity index (χ0v) is 12.4. The van der Waals surface area contributed by atoms with Gasteiger partial charge in [-0.15, -0.1) is 0 Å². The second-order valence-corrected chi connectivity index (χ2v) is 6.34. The van der Waals surface area contributed by atoms with Gasteiger partial charge in [-0.25, -0.2) is 0 Å². The molecule has 3 heteroatoms. The summed E-state index contributed by atoms with van der Waals surface area (Å²) in [6.45, 7) is 4.30. The molecule has 0 radical (unpaired) electrons. The van der Waals surface area contributed by atoms with Crippen LogP contribution in [0, 0.1) is 11.8 Å². The highest BCUT2D eigenvalue weighted by atomic mass is 35.5. The molecule has 18 heavy (non-hydrogen) atoms. The Balaban J connectivity index is 1.75. The molecule has 1 N–H and O–H groups in total. The molecule has 0 saturated heterocycles. The minimum Gasteiger partial charge on any atom is -0.312 e. The summed E-state index contributed by atoms with van der Waals surface area (Å²) >= 11 is 12.0. The number of rotatable bonds is 4. The molecule has 0 atom stereocenters. The maximum Gasteiger partial charge on any atom is 0.0465 e. The summed E-state index contributed by atoms with van der Waals surface area (Å²) in [4.78, 5) is 0. The van der Waals surface area contributed by atoms with Crippen molar-refractivity contribution in [1.82, 2.24) is 5.32 Å². The Hall–Kier alpha value is -0.240. The van der Waals surface area contributed by atoms with E-state index < -0.39 is 0 Å².